The fourth-order valence-electron chi connectivity index (χ4n) is 4.94. The van der Waals surface area contributed by atoms with Crippen LogP contribution in [0.15, 0.2) is 53.9 Å². The third-order valence-electron chi connectivity index (χ3n) is 7.50. The third-order valence-corrected chi connectivity index (χ3v) is 8.76. The van der Waals surface area contributed by atoms with Crippen LogP contribution in [0.5, 0.6) is 11.5 Å². The van der Waals surface area contributed by atoms with Gasteiger partial charge in [-0.25, -0.2) is 4.98 Å². The van der Waals surface area contributed by atoms with E-state index in [4.69, 9.17) is 37.7 Å². The zero-order valence-corrected chi connectivity index (χ0v) is 27.0. The van der Waals surface area contributed by atoms with Gasteiger partial charge in [0.1, 0.15) is 23.1 Å². The van der Waals surface area contributed by atoms with Crippen molar-refractivity contribution in [2.75, 3.05) is 13.7 Å². The minimum absolute atomic E-state index is 0.0384. The van der Waals surface area contributed by atoms with Gasteiger partial charge < -0.3 is 19.4 Å². The molecule has 1 unspecified atom stereocenters. The third kappa shape index (κ3) is 8.52. The summed E-state index contributed by atoms with van der Waals surface area (Å²) >= 11 is 13.8. The second-order valence-corrected chi connectivity index (χ2v) is 12.2. The lowest BCUT2D eigenvalue weighted by atomic mass is 9.99. The lowest BCUT2D eigenvalue weighted by Gasteiger charge is -2.15. The smallest absolute Gasteiger partial charge is 0.253 e. The maximum Gasteiger partial charge on any atom is 0.253 e. The Bertz CT molecular complexity index is 1450. The minimum Gasteiger partial charge on any atom is -0.497 e. The molecule has 224 valence electrons. The fourth-order valence-corrected chi connectivity index (χ4v) is 6.14. The highest BCUT2D eigenvalue weighted by Crippen LogP contribution is 2.30. The maximum atomic E-state index is 13.4. The molecule has 2 aromatic carbocycles. The zero-order valence-electron chi connectivity index (χ0n) is 24.7. The van der Waals surface area contributed by atoms with Crippen LogP contribution in [0.4, 0.5) is 0 Å². The number of hydrogen-bond donors (Lipinski definition) is 1. The quantitative estimate of drug-likeness (QED) is 0.143. The normalized spacial score (nSPS) is 11.9. The summed E-state index contributed by atoms with van der Waals surface area (Å²) in [5.74, 6) is 1.87. The van der Waals surface area contributed by atoms with Gasteiger partial charge in [0.2, 0.25) is 0 Å². The van der Waals surface area contributed by atoms with Crippen LogP contribution in [0.3, 0.4) is 0 Å². The number of carbonyl (C=O) groups excluding carboxylic acids is 1. The molecule has 0 aliphatic rings. The molecule has 6 nitrogen and oxygen atoms in total. The summed E-state index contributed by atoms with van der Waals surface area (Å²) in [6, 6.07) is 15.2. The van der Waals surface area contributed by atoms with Crippen LogP contribution in [-0.2, 0) is 19.6 Å². The van der Waals surface area contributed by atoms with E-state index in [0.29, 0.717) is 40.4 Å². The predicted molar refractivity (Wildman–Crippen MR) is 173 cm³/mol. The Morgan fingerprint density at radius 2 is 1.81 bits per heavy atom. The summed E-state index contributed by atoms with van der Waals surface area (Å²) in [5.41, 5.74) is 4.53. The van der Waals surface area contributed by atoms with Crippen molar-refractivity contribution >= 4 is 40.4 Å². The number of carbonyl (C=O) groups is 1. The number of aromatic nitrogens is 2. The number of methoxy groups -OCH3 is 1. The largest absolute Gasteiger partial charge is 0.497 e. The molecule has 2 aromatic heterocycles. The molecule has 9 heteroatoms. The maximum absolute atomic E-state index is 13.4. The number of halogens is 2. The van der Waals surface area contributed by atoms with E-state index in [1.165, 1.54) is 23.3 Å². The summed E-state index contributed by atoms with van der Waals surface area (Å²) in [4.78, 5) is 18.3. The van der Waals surface area contributed by atoms with Crippen LogP contribution in [0, 0.1) is 12.8 Å². The first-order valence-electron chi connectivity index (χ1n) is 14.5. The van der Waals surface area contributed by atoms with Crippen molar-refractivity contribution in [1.29, 1.82) is 0 Å². The highest BCUT2D eigenvalue weighted by Gasteiger charge is 2.21. The minimum atomic E-state index is -0.0384. The van der Waals surface area contributed by atoms with Crippen LogP contribution >= 0.6 is 34.5 Å². The van der Waals surface area contributed by atoms with Gasteiger partial charge in [-0.15, -0.1) is 11.3 Å². The predicted octanol–water partition coefficient (Wildman–Crippen LogP) is 9.00. The van der Waals surface area contributed by atoms with Crippen LogP contribution < -0.4 is 14.8 Å². The number of rotatable bonds is 15. The van der Waals surface area contributed by atoms with E-state index in [2.05, 4.69) is 35.9 Å². The first-order valence-corrected chi connectivity index (χ1v) is 16.1. The Labute approximate surface area is 263 Å². The van der Waals surface area contributed by atoms with Crippen LogP contribution in [0.2, 0.25) is 10.0 Å². The Hall–Kier alpha value is -3.00. The molecule has 1 atom stereocenters. The van der Waals surface area contributed by atoms with Crippen molar-refractivity contribution in [3.8, 4) is 22.9 Å². The van der Waals surface area contributed by atoms with E-state index >= 15 is 0 Å². The van der Waals surface area contributed by atoms with E-state index in [1.54, 1.807) is 25.3 Å². The summed E-state index contributed by atoms with van der Waals surface area (Å²) < 4.78 is 13.4. The van der Waals surface area contributed by atoms with Crippen molar-refractivity contribution < 1.29 is 14.3 Å². The summed E-state index contributed by atoms with van der Waals surface area (Å²) in [7, 11) is 1.67. The van der Waals surface area contributed by atoms with Gasteiger partial charge >= 0.3 is 0 Å². The van der Waals surface area contributed by atoms with Gasteiger partial charge in [0.05, 0.1) is 24.1 Å². The van der Waals surface area contributed by atoms with Crippen LogP contribution in [0.1, 0.15) is 66.2 Å². The van der Waals surface area contributed by atoms with Gasteiger partial charge in [0.25, 0.3) is 5.91 Å². The van der Waals surface area contributed by atoms with E-state index in [0.717, 1.165) is 53.5 Å². The van der Waals surface area contributed by atoms with E-state index in [-0.39, 0.29) is 12.5 Å². The van der Waals surface area contributed by atoms with Gasteiger partial charge in [0.15, 0.2) is 0 Å². The second kappa shape index (κ2) is 15.5. The molecule has 0 bridgehead atoms. The van der Waals surface area contributed by atoms with Gasteiger partial charge in [-0.1, -0.05) is 68.4 Å². The number of nitrogens with zero attached hydrogens (tertiary/aromatic N) is 2. The van der Waals surface area contributed by atoms with E-state index < -0.39 is 0 Å². The topological polar surface area (TPSA) is 65.4 Å². The lowest BCUT2D eigenvalue weighted by Crippen LogP contribution is -2.29. The fraction of sp³-hybridized carbons (Fsp3) is 0.394. The molecule has 4 aromatic rings. The average Bonchev–Trinajstić information content (AvgIpc) is 3.59. The molecule has 0 radical (unpaired) electrons. The number of amides is 1. The van der Waals surface area contributed by atoms with E-state index in [1.807, 2.05) is 30.5 Å². The van der Waals surface area contributed by atoms with Gasteiger partial charge in [-0.3, -0.25) is 4.79 Å². The Morgan fingerprint density at radius 3 is 2.48 bits per heavy atom. The number of nitrogens with one attached hydrogen (secondary N) is 1. The molecule has 42 heavy (non-hydrogen) atoms. The Kier molecular flexibility index (Phi) is 11.8. The molecule has 0 fully saturated rings. The molecule has 4 rings (SSSR count). The Morgan fingerprint density at radius 1 is 1.07 bits per heavy atom. The highest BCUT2D eigenvalue weighted by atomic mass is 35.5. The van der Waals surface area contributed by atoms with Crippen LogP contribution in [-0.4, -0.2) is 29.1 Å². The molecule has 0 saturated carbocycles. The molecule has 1 N–H and O–H groups in total. The molecule has 2 heterocycles. The lowest BCUT2D eigenvalue weighted by molar-refractivity contribution is 0.0945. The number of hydrogen-bond acceptors (Lipinski definition) is 5. The standard InChI is InChI=1S/C33H39Cl2N3O3S/c1-5-7-8-23(6-2)19-36-33(39)29-18-31(38(22(29)3)14-13-24-9-11-27(40-4)12-10-24)30-21-42-32(37-30)20-41-28-16-25(34)15-26(35)17-28/h9-12,15-18,21,23H,5-8,13-14,19-20H2,1-4H3,(H,36,39). The second-order valence-electron chi connectivity index (χ2n) is 10.4. The summed E-state index contributed by atoms with van der Waals surface area (Å²) in [6.07, 6.45) is 5.33. The molecular weight excluding hydrogens is 589 g/mol. The van der Waals surface area contributed by atoms with Gasteiger partial charge in [-0.05, 0) is 67.6 Å². The molecule has 0 saturated heterocycles. The van der Waals surface area contributed by atoms with Crippen molar-refractivity contribution in [1.82, 2.24) is 14.9 Å². The van der Waals surface area contributed by atoms with Crippen molar-refractivity contribution in [2.24, 2.45) is 5.92 Å². The summed E-state index contributed by atoms with van der Waals surface area (Å²) in [6.45, 7) is 8.09. The zero-order chi connectivity index (χ0) is 30.1. The van der Waals surface area contributed by atoms with Crippen molar-refractivity contribution in [2.45, 2.75) is 66.0 Å². The van der Waals surface area contributed by atoms with Crippen molar-refractivity contribution in [3.05, 3.63) is 85.8 Å². The molecule has 0 aliphatic carbocycles. The monoisotopic (exact) mass is 627 g/mol. The number of aryl methyl sites for hydroxylation is 1. The molecule has 0 spiro atoms. The first kappa shape index (κ1) is 31.9. The first-order chi connectivity index (χ1) is 20.3. The van der Waals surface area contributed by atoms with E-state index in [9.17, 15) is 4.79 Å². The Balaban J connectivity index is 1.56. The highest BCUT2D eigenvalue weighted by molar-refractivity contribution is 7.09. The molecule has 0 aliphatic heterocycles. The number of ether oxygens (including phenoxy) is 2. The van der Waals surface area contributed by atoms with Crippen LogP contribution in [0.25, 0.3) is 11.4 Å². The van der Waals surface area contributed by atoms with Gasteiger partial charge in [0, 0.05) is 34.2 Å². The van der Waals surface area contributed by atoms with Crippen molar-refractivity contribution in [3.63, 3.8) is 0 Å². The summed E-state index contributed by atoms with van der Waals surface area (Å²) in [5, 5.41) is 7.07. The number of thiazole rings is 1. The van der Waals surface area contributed by atoms with Gasteiger partial charge in [-0.2, -0.15) is 0 Å². The number of unbranched alkanes of at least 4 members (excludes halogenated alkanes) is 1. The number of benzene rings is 2. The molecular formula is C33H39Cl2N3O3S. The molecule has 1 amide bonds. The SMILES string of the molecule is CCCCC(CC)CNC(=O)c1cc(-c2csc(COc3cc(Cl)cc(Cl)c3)n2)n(CCc2ccc(OC)cc2)c1C. The average molecular weight is 629 g/mol.